The summed E-state index contributed by atoms with van der Waals surface area (Å²) in [5.74, 6) is -1.51. The highest BCUT2D eigenvalue weighted by Crippen LogP contribution is 2.47. The van der Waals surface area contributed by atoms with Crippen LogP contribution in [0.3, 0.4) is 0 Å². The molecule has 0 bridgehead atoms. The van der Waals surface area contributed by atoms with Crippen molar-refractivity contribution in [3.05, 3.63) is 109 Å². The maximum atomic E-state index is 17.0. The number of hydrogen-bond acceptors (Lipinski definition) is 4. The summed E-state index contributed by atoms with van der Waals surface area (Å²) in [5.41, 5.74) is 0.269. The second kappa shape index (κ2) is 8.15. The molecule has 0 amide bonds. The molecular formula is C25H21FO4S2. The average molecular weight is 469 g/mol. The van der Waals surface area contributed by atoms with Crippen LogP contribution in [0.4, 0.5) is 4.39 Å². The Hall–Kier alpha value is -3.03. The van der Waals surface area contributed by atoms with Crippen molar-refractivity contribution in [2.75, 3.05) is 0 Å². The van der Waals surface area contributed by atoms with Crippen LogP contribution in [0, 0.1) is 0 Å². The molecule has 164 valence electrons. The lowest BCUT2D eigenvalue weighted by molar-refractivity contribution is 0.316. The van der Waals surface area contributed by atoms with E-state index in [2.05, 4.69) is 0 Å². The summed E-state index contributed by atoms with van der Waals surface area (Å²) in [6, 6.07) is 26.0. The van der Waals surface area contributed by atoms with E-state index in [1.165, 1.54) is 55.5 Å². The predicted octanol–water partition coefficient (Wildman–Crippen LogP) is 5.51. The van der Waals surface area contributed by atoms with Crippen molar-refractivity contribution in [3.63, 3.8) is 0 Å². The van der Waals surface area contributed by atoms with E-state index in [1.807, 2.05) is 18.2 Å². The third-order valence-corrected chi connectivity index (χ3v) is 10.9. The minimum absolute atomic E-state index is 0.269. The van der Waals surface area contributed by atoms with Gasteiger partial charge in [0.25, 0.3) is 0 Å². The lowest BCUT2D eigenvalue weighted by Gasteiger charge is -2.31. The van der Waals surface area contributed by atoms with E-state index >= 15 is 4.39 Å². The maximum absolute atomic E-state index is 17.0. The van der Waals surface area contributed by atoms with Crippen molar-refractivity contribution in [2.24, 2.45) is 0 Å². The first kappa shape index (κ1) is 22.2. The van der Waals surface area contributed by atoms with Crippen LogP contribution in [0.15, 0.2) is 113 Å². The minimum atomic E-state index is -4.96. The highest BCUT2D eigenvalue weighted by molar-refractivity contribution is 8.10. The molecule has 0 unspecified atom stereocenters. The average Bonchev–Trinajstić information content (AvgIpc) is 2.83. The van der Waals surface area contributed by atoms with Gasteiger partial charge in [-0.05, 0) is 40.6 Å². The fourth-order valence-electron chi connectivity index (χ4n) is 3.81. The molecule has 0 aromatic heterocycles. The quantitative estimate of drug-likeness (QED) is 0.374. The second-order valence-electron chi connectivity index (χ2n) is 7.54. The molecule has 0 spiro atoms. The molecule has 0 aliphatic rings. The fourth-order valence-corrected chi connectivity index (χ4v) is 8.42. The fraction of sp³-hybridized carbons (Fsp3) is 0.120. The first-order valence-electron chi connectivity index (χ1n) is 9.96. The van der Waals surface area contributed by atoms with E-state index in [0.717, 1.165) is 10.8 Å². The molecule has 4 nitrogen and oxygen atoms in total. The maximum Gasteiger partial charge on any atom is 0.324 e. The van der Waals surface area contributed by atoms with Crippen molar-refractivity contribution in [1.29, 1.82) is 0 Å². The molecule has 7 heteroatoms. The lowest BCUT2D eigenvalue weighted by Crippen LogP contribution is -2.46. The van der Waals surface area contributed by atoms with Gasteiger partial charge < -0.3 is 0 Å². The Bertz CT molecular complexity index is 1400. The van der Waals surface area contributed by atoms with Gasteiger partial charge in [-0.15, -0.1) is 0 Å². The summed E-state index contributed by atoms with van der Waals surface area (Å²) >= 11 is 0. The number of benzene rings is 4. The minimum Gasteiger partial charge on any atom is -0.219 e. The van der Waals surface area contributed by atoms with Crippen molar-refractivity contribution in [2.45, 2.75) is 27.0 Å². The van der Waals surface area contributed by atoms with E-state index < -0.39 is 39.7 Å². The molecule has 0 aliphatic heterocycles. The Morgan fingerprint density at radius 3 is 1.56 bits per heavy atom. The van der Waals surface area contributed by atoms with Gasteiger partial charge in [-0.25, -0.2) is 21.2 Å². The molecule has 32 heavy (non-hydrogen) atoms. The molecule has 4 aromatic rings. The van der Waals surface area contributed by atoms with Crippen LogP contribution in [0.1, 0.15) is 18.4 Å². The van der Waals surface area contributed by atoms with Gasteiger partial charge in [0.05, 0.1) is 9.79 Å². The predicted molar refractivity (Wildman–Crippen MR) is 123 cm³/mol. The first-order valence-corrected chi connectivity index (χ1v) is 12.9. The van der Waals surface area contributed by atoms with Crippen LogP contribution in [0.25, 0.3) is 10.8 Å². The lowest BCUT2D eigenvalue weighted by atomic mass is 9.98. The van der Waals surface area contributed by atoms with E-state index in [0.29, 0.717) is 0 Å². The van der Waals surface area contributed by atoms with Gasteiger partial charge in [0.15, 0.2) is 0 Å². The summed E-state index contributed by atoms with van der Waals surface area (Å²) < 4.78 is 67.8. The smallest absolute Gasteiger partial charge is 0.219 e. The van der Waals surface area contributed by atoms with Crippen LogP contribution in [-0.4, -0.2) is 21.2 Å². The van der Waals surface area contributed by atoms with Gasteiger partial charge in [-0.2, -0.15) is 0 Å². The van der Waals surface area contributed by atoms with Gasteiger partial charge in [0, 0.05) is 5.92 Å². The molecule has 4 aromatic carbocycles. The summed E-state index contributed by atoms with van der Waals surface area (Å²) in [6.07, 6.45) is 0. The van der Waals surface area contributed by atoms with Crippen molar-refractivity contribution < 1.29 is 21.2 Å². The highest BCUT2D eigenvalue weighted by Gasteiger charge is 2.61. The van der Waals surface area contributed by atoms with E-state index in [1.54, 1.807) is 36.4 Å². The standard InChI is InChI=1S/C25H21FO4S2/c1-19(21-17-16-20-10-8-9-11-22(20)18-21)25(26,31(27,28)23-12-4-2-5-13-23)32(29,30)24-14-6-3-7-15-24/h2-19H,1H3/t19-/m1/s1. The van der Waals surface area contributed by atoms with Gasteiger partial charge in [0.2, 0.25) is 19.7 Å². The van der Waals surface area contributed by atoms with Gasteiger partial charge >= 0.3 is 4.33 Å². The van der Waals surface area contributed by atoms with Crippen LogP contribution in [-0.2, 0) is 19.7 Å². The van der Waals surface area contributed by atoms with Gasteiger partial charge in [0.1, 0.15) is 0 Å². The molecule has 0 aliphatic carbocycles. The normalized spacial score (nSPS) is 13.7. The topological polar surface area (TPSA) is 68.3 Å². The molecule has 0 N–H and O–H groups in total. The zero-order valence-corrected chi connectivity index (χ0v) is 18.9. The Morgan fingerprint density at radius 2 is 1.06 bits per heavy atom. The Labute approximate surface area is 187 Å². The molecule has 0 saturated heterocycles. The van der Waals surface area contributed by atoms with E-state index in [9.17, 15) is 16.8 Å². The number of fused-ring (bicyclic) bond motifs is 1. The summed E-state index contributed by atoms with van der Waals surface area (Å²) in [5, 5.41) is 1.64. The van der Waals surface area contributed by atoms with E-state index in [-0.39, 0.29) is 5.56 Å². The zero-order chi connectivity index (χ0) is 23.0. The van der Waals surface area contributed by atoms with Gasteiger partial charge in [-0.3, -0.25) is 0 Å². The van der Waals surface area contributed by atoms with E-state index in [4.69, 9.17) is 0 Å². The Kier molecular flexibility index (Phi) is 5.65. The molecule has 0 fully saturated rings. The number of hydrogen-bond donors (Lipinski definition) is 0. The molecule has 0 radical (unpaired) electrons. The summed E-state index contributed by atoms with van der Waals surface area (Å²) in [7, 11) is -9.92. The third-order valence-electron chi connectivity index (χ3n) is 5.63. The van der Waals surface area contributed by atoms with Gasteiger partial charge in [-0.1, -0.05) is 85.8 Å². The SMILES string of the molecule is C[C@H](c1ccc2ccccc2c1)C(F)(S(=O)(=O)c1ccccc1)S(=O)(=O)c1ccccc1. The Morgan fingerprint density at radius 1 is 0.625 bits per heavy atom. The van der Waals surface area contributed by atoms with Crippen LogP contribution >= 0.6 is 0 Å². The monoisotopic (exact) mass is 468 g/mol. The van der Waals surface area contributed by atoms with Crippen molar-refractivity contribution in [3.8, 4) is 0 Å². The van der Waals surface area contributed by atoms with Crippen LogP contribution in [0.2, 0.25) is 0 Å². The zero-order valence-electron chi connectivity index (χ0n) is 17.2. The van der Waals surface area contributed by atoms with Crippen LogP contribution in [0.5, 0.6) is 0 Å². The molecule has 0 saturated carbocycles. The molecular weight excluding hydrogens is 447 g/mol. The van der Waals surface area contributed by atoms with Crippen LogP contribution < -0.4 is 0 Å². The second-order valence-corrected chi connectivity index (χ2v) is 11.9. The molecule has 4 rings (SSSR count). The first-order chi connectivity index (χ1) is 15.2. The third kappa shape index (κ3) is 3.42. The number of alkyl halides is 1. The number of rotatable bonds is 6. The summed E-state index contributed by atoms with van der Waals surface area (Å²) in [4.78, 5) is -0.788. The van der Waals surface area contributed by atoms with Crippen molar-refractivity contribution >= 4 is 30.4 Å². The van der Waals surface area contributed by atoms with Crippen molar-refractivity contribution in [1.82, 2.24) is 0 Å². The molecule has 0 heterocycles. The highest BCUT2D eigenvalue weighted by atomic mass is 32.3. The summed E-state index contributed by atoms with van der Waals surface area (Å²) in [6.45, 7) is 1.30. The number of halogens is 1. The molecule has 1 atom stereocenters. The number of sulfone groups is 2. The largest absolute Gasteiger partial charge is 0.324 e. The Balaban J connectivity index is 1.99.